The Balaban J connectivity index is 2.20. The van der Waals surface area contributed by atoms with Crippen molar-refractivity contribution in [2.75, 3.05) is 11.9 Å². The number of aryl methyl sites for hydroxylation is 1. The molecule has 3 nitrogen and oxygen atoms in total. The van der Waals surface area contributed by atoms with Gasteiger partial charge in [-0.15, -0.1) is 0 Å². The molecule has 15 heavy (non-hydrogen) atoms. The van der Waals surface area contributed by atoms with Crippen LogP contribution in [0.25, 0.3) is 10.2 Å². The summed E-state index contributed by atoms with van der Waals surface area (Å²) in [7, 11) is 0. The van der Waals surface area contributed by atoms with Crippen molar-refractivity contribution in [3.05, 3.63) is 23.8 Å². The molecule has 0 amide bonds. The molecule has 0 aliphatic rings. The minimum absolute atomic E-state index is 0.509. The summed E-state index contributed by atoms with van der Waals surface area (Å²) in [6, 6.07) is 8.30. The Labute approximate surface area is 92.4 Å². The Morgan fingerprint density at radius 1 is 1.53 bits per heavy atom. The summed E-state index contributed by atoms with van der Waals surface area (Å²) in [5.74, 6) is 0. The molecule has 1 aromatic heterocycles. The van der Waals surface area contributed by atoms with Crippen molar-refractivity contribution >= 4 is 26.7 Å². The minimum atomic E-state index is 0.509. The number of anilines is 1. The van der Waals surface area contributed by atoms with Gasteiger partial charge in [0, 0.05) is 6.54 Å². The third-order valence-electron chi connectivity index (χ3n) is 2.06. The Bertz CT molecular complexity index is 510. The second-order valence-electron chi connectivity index (χ2n) is 3.33. The third kappa shape index (κ3) is 2.25. The van der Waals surface area contributed by atoms with Crippen molar-refractivity contribution in [3.8, 4) is 6.07 Å². The number of rotatable bonds is 3. The monoisotopic (exact) mass is 217 g/mol. The Hall–Kier alpha value is -1.60. The molecule has 0 bridgehead atoms. The van der Waals surface area contributed by atoms with Crippen LogP contribution in [0.3, 0.4) is 0 Å². The minimum Gasteiger partial charge on any atom is -0.360 e. The largest absolute Gasteiger partial charge is 0.360 e. The summed E-state index contributed by atoms with van der Waals surface area (Å²) >= 11 is 1.63. The standard InChI is InChI=1S/C11H11N3S/c1-8-3-4-9-10(7-8)15-11(14-9)13-6-2-5-12/h3-4,7H,2,6H2,1H3,(H,13,14). The van der Waals surface area contributed by atoms with Gasteiger partial charge in [0.2, 0.25) is 0 Å². The van der Waals surface area contributed by atoms with Gasteiger partial charge < -0.3 is 5.32 Å². The number of aromatic nitrogens is 1. The van der Waals surface area contributed by atoms with Crippen molar-refractivity contribution in [1.82, 2.24) is 4.98 Å². The summed E-state index contributed by atoms with van der Waals surface area (Å²) in [5, 5.41) is 12.4. The molecule has 0 saturated heterocycles. The van der Waals surface area contributed by atoms with E-state index in [4.69, 9.17) is 5.26 Å². The first kappa shape index (κ1) is 9.94. The molecule has 1 N–H and O–H groups in total. The van der Waals surface area contributed by atoms with E-state index in [-0.39, 0.29) is 0 Å². The van der Waals surface area contributed by atoms with Crippen LogP contribution in [-0.2, 0) is 0 Å². The predicted molar refractivity (Wildman–Crippen MR) is 63.1 cm³/mol. The topological polar surface area (TPSA) is 48.7 Å². The first-order valence-corrected chi connectivity index (χ1v) is 5.59. The number of thiazole rings is 1. The molecular weight excluding hydrogens is 206 g/mol. The first-order chi connectivity index (χ1) is 7.29. The highest BCUT2D eigenvalue weighted by atomic mass is 32.1. The van der Waals surface area contributed by atoms with Gasteiger partial charge in [-0.05, 0) is 24.6 Å². The van der Waals surface area contributed by atoms with Gasteiger partial charge in [0.05, 0.1) is 22.7 Å². The maximum absolute atomic E-state index is 8.41. The molecule has 1 heterocycles. The maximum atomic E-state index is 8.41. The van der Waals surface area contributed by atoms with Crippen LogP contribution >= 0.6 is 11.3 Å². The van der Waals surface area contributed by atoms with E-state index in [0.29, 0.717) is 13.0 Å². The molecule has 2 rings (SSSR count). The zero-order valence-electron chi connectivity index (χ0n) is 8.45. The number of nitrogens with zero attached hydrogens (tertiary/aromatic N) is 2. The average Bonchev–Trinajstić information content (AvgIpc) is 2.60. The van der Waals surface area contributed by atoms with E-state index in [1.54, 1.807) is 11.3 Å². The van der Waals surface area contributed by atoms with E-state index in [1.807, 2.05) is 6.07 Å². The molecule has 0 saturated carbocycles. The lowest BCUT2D eigenvalue weighted by atomic mass is 10.2. The fraction of sp³-hybridized carbons (Fsp3) is 0.273. The Morgan fingerprint density at radius 2 is 2.40 bits per heavy atom. The summed E-state index contributed by atoms with van der Waals surface area (Å²) in [5.41, 5.74) is 2.26. The van der Waals surface area contributed by atoms with Crippen LogP contribution in [0.5, 0.6) is 0 Å². The van der Waals surface area contributed by atoms with Gasteiger partial charge in [0.15, 0.2) is 5.13 Å². The zero-order valence-corrected chi connectivity index (χ0v) is 9.27. The molecule has 1 aromatic carbocycles. The predicted octanol–water partition coefficient (Wildman–Crippen LogP) is 2.93. The van der Waals surface area contributed by atoms with Crippen molar-refractivity contribution < 1.29 is 0 Å². The second kappa shape index (κ2) is 4.28. The van der Waals surface area contributed by atoms with Crippen LogP contribution in [-0.4, -0.2) is 11.5 Å². The second-order valence-corrected chi connectivity index (χ2v) is 4.36. The molecule has 2 aromatic rings. The van der Waals surface area contributed by atoms with Crippen molar-refractivity contribution in [2.45, 2.75) is 13.3 Å². The van der Waals surface area contributed by atoms with Crippen molar-refractivity contribution in [2.24, 2.45) is 0 Å². The van der Waals surface area contributed by atoms with E-state index in [0.717, 1.165) is 10.6 Å². The van der Waals surface area contributed by atoms with Gasteiger partial charge in [0.1, 0.15) is 0 Å². The number of nitriles is 1. The third-order valence-corrected chi connectivity index (χ3v) is 3.03. The lowest BCUT2D eigenvalue weighted by Crippen LogP contribution is -1.98. The van der Waals surface area contributed by atoms with Gasteiger partial charge in [0.25, 0.3) is 0 Å². The van der Waals surface area contributed by atoms with Crippen LogP contribution < -0.4 is 5.32 Å². The first-order valence-electron chi connectivity index (χ1n) is 4.77. The van der Waals surface area contributed by atoms with E-state index >= 15 is 0 Å². The van der Waals surface area contributed by atoms with Crippen molar-refractivity contribution in [1.29, 1.82) is 5.26 Å². The fourth-order valence-electron chi connectivity index (χ4n) is 1.33. The summed E-state index contributed by atoms with van der Waals surface area (Å²) in [6.45, 7) is 2.73. The lowest BCUT2D eigenvalue weighted by molar-refractivity contribution is 1.07. The van der Waals surface area contributed by atoms with Gasteiger partial charge >= 0.3 is 0 Å². The van der Waals surface area contributed by atoms with Gasteiger partial charge in [-0.2, -0.15) is 5.26 Å². The van der Waals surface area contributed by atoms with E-state index in [2.05, 4.69) is 35.4 Å². The molecule has 0 spiro atoms. The molecule has 76 valence electrons. The van der Waals surface area contributed by atoms with E-state index < -0.39 is 0 Å². The fourth-order valence-corrected chi connectivity index (χ4v) is 2.32. The number of benzene rings is 1. The molecule has 0 aliphatic heterocycles. The molecule has 0 unspecified atom stereocenters. The quantitative estimate of drug-likeness (QED) is 0.804. The molecule has 0 aliphatic carbocycles. The molecular formula is C11H11N3S. The number of fused-ring (bicyclic) bond motifs is 1. The van der Waals surface area contributed by atoms with Crippen LogP contribution in [0.15, 0.2) is 18.2 Å². The van der Waals surface area contributed by atoms with Gasteiger partial charge in [-0.3, -0.25) is 0 Å². The molecule has 0 radical (unpaired) electrons. The molecule has 0 fully saturated rings. The van der Waals surface area contributed by atoms with Crippen LogP contribution in [0.2, 0.25) is 0 Å². The zero-order chi connectivity index (χ0) is 10.7. The Morgan fingerprint density at radius 3 is 3.20 bits per heavy atom. The summed E-state index contributed by atoms with van der Waals surface area (Å²) in [6.07, 6.45) is 0.509. The average molecular weight is 217 g/mol. The van der Waals surface area contributed by atoms with Crippen LogP contribution in [0.1, 0.15) is 12.0 Å². The number of hydrogen-bond acceptors (Lipinski definition) is 4. The van der Waals surface area contributed by atoms with Gasteiger partial charge in [-0.25, -0.2) is 4.98 Å². The van der Waals surface area contributed by atoms with E-state index in [9.17, 15) is 0 Å². The smallest absolute Gasteiger partial charge is 0.183 e. The maximum Gasteiger partial charge on any atom is 0.183 e. The number of nitrogens with one attached hydrogen (secondary N) is 1. The van der Waals surface area contributed by atoms with Crippen molar-refractivity contribution in [3.63, 3.8) is 0 Å². The highest BCUT2D eigenvalue weighted by molar-refractivity contribution is 7.22. The summed E-state index contributed by atoms with van der Waals surface area (Å²) < 4.78 is 1.19. The summed E-state index contributed by atoms with van der Waals surface area (Å²) in [4.78, 5) is 4.42. The van der Waals surface area contributed by atoms with Crippen LogP contribution in [0, 0.1) is 18.3 Å². The van der Waals surface area contributed by atoms with Crippen LogP contribution in [0.4, 0.5) is 5.13 Å². The SMILES string of the molecule is Cc1ccc2nc(NCCC#N)sc2c1. The number of hydrogen-bond donors (Lipinski definition) is 1. The molecule has 0 atom stereocenters. The van der Waals surface area contributed by atoms with Gasteiger partial charge in [-0.1, -0.05) is 17.4 Å². The normalized spacial score (nSPS) is 10.1. The molecule has 4 heteroatoms. The lowest BCUT2D eigenvalue weighted by Gasteiger charge is -1.94. The van der Waals surface area contributed by atoms with E-state index in [1.165, 1.54) is 10.3 Å². The highest BCUT2D eigenvalue weighted by Crippen LogP contribution is 2.26. The Kier molecular flexibility index (Phi) is 2.84. The highest BCUT2D eigenvalue weighted by Gasteiger charge is 2.02.